The Bertz CT molecular complexity index is 908. The first-order valence-corrected chi connectivity index (χ1v) is 13.4. The van der Waals surface area contributed by atoms with Crippen LogP contribution in [0.15, 0.2) is 0 Å². The second-order valence-corrected chi connectivity index (χ2v) is 10.5. The summed E-state index contributed by atoms with van der Waals surface area (Å²) in [5.74, 6) is 1.03. The fourth-order valence-corrected chi connectivity index (χ4v) is 6.14. The number of nitriles is 1. The number of amides is 2. The predicted molar refractivity (Wildman–Crippen MR) is 134 cm³/mol. The van der Waals surface area contributed by atoms with Crippen molar-refractivity contribution in [2.45, 2.75) is 90.5 Å². The Kier molecular flexibility index (Phi) is 8.31. The molecule has 186 valence electrons. The molecule has 7 heteroatoms. The molecule has 2 amide bonds. The molecule has 4 rings (SSSR count). The lowest BCUT2D eigenvalue weighted by atomic mass is 9.95. The van der Waals surface area contributed by atoms with Crippen LogP contribution >= 0.6 is 0 Å². The molecule has 1 aromatic rings. The maximum absolute atomic E-state index is 13.1. The van der Waals surface area contributed by atoms with E-state index in [1.165, 1.54) is 32.1 Å². The van der Waals surface area contributed by atoms with Gasteiger partial charge >= 0.3 is 0 Å². The summed E-state index contributed by atoms with van der Waals surface area (Å²) in [6, 6.07) is 2.69. The number of likely N-dealkylation sites (tertiary alicyclic amines) is 2. The highest BCUT2D eigenvalue weighted by atomic mass is 16.2. The van der Waals surface area contributed by atoms with Crippen LogP contribution in [0.3, 0.4) is 0 Å². The van der Waals surface area contributed by atoms with Crippen molar-refractivity contribution in [1.82, 2.24) is 14.4 Å². The molecule has 3 aliphatic rings. The van der Waals surface area contributed by atoms with Gasteiger partial charge in [0.05, 0.1) is 12.1 Å². The molecule has 0 atom stereocenters. The normalized spacial score (nSPS) is 21.1. The Labute approximate surface area is 204 Å². The molecule has 2 aliphatic heterocycles. The lowest BCUT2D eigenvalue weighted by Gasteiger charge is -2.33. The molecule has 1 aromatic heterocycles. The summed E-state index contributed by atoms with van der Waals surface area (Å²) >= 11 is 0. The highest BCUT2D eigenvalue weighted by molar-refractivity contribution is 5.93. The van der Waals surface area contributed by atoms with Crippen LogP contribution in [-0.4, -0.2) is 58.9 Å². The SMILES string of the molecule is Cc1c(C#N)c(NC(=O)CN2CCC(C(=O)N3CCCCCC3)CC2)n(C2CCCCC2)c1C. The Morgan fingerprint density at radius 1 is 0.912 bits per heavy atom. The molecule has 0 radical (unpaired) electrons. The van der Waals surface area contributed by atoms with Crippen LogP contribution in [0.25, 0.3) is 0 Å². The first-order chi connectivity index (χ1) is 16.5. The van der Waals surface area contributed by atoms with Crippen molar-refractivity contribution in [2.24, 2.45) is 5.92 Å². The van der Waals surface area contributed by atoms with Crippen LogP contribution in [0.2, 0.25) is 0 Å². The van der Waals surface area contributed by atoms with Gasteiger partial charge in [-0.15, -0.1) is 0 Å². The fraction of sp³-hybridized carbons (Fsp3) is 0.741. The van der Waals surface area contributed by atoms with Gasteiger partial charge < -0.3 is 14.8 Å². The number of carbonyl (C=O) groups is 2. The van der Waals surface area contributed by atoms with Gasteiger partial charge in [-0.25, -0.2) is 0 Å². The first-order valence-electron chi connectivity index (χ1n) is 13.4. The first kappa shape index (κ1) is 24.8. The van der Waals surface area contributed by atoms with Crippen LogP contribution in [0.4, 0.5) is 5.82 Å². The van der Waals surface area contributed by atoms with Gasteiger partial charge in [-0.2, -0.15) is 5.26 Å². The number of aromatic nitrogens is 1. The van der Waals surface area contributed by atoms with Crippen LogP contribution < -0.4 is 5.32 Å². The molecule has 7 nitrogen and oxygen atoms in total. The summed E-state index contributed by atoms with van der Waals surface area (Å²) in [7, 11) is 0. The number of anilines is 1. The zero-order chi connectivity index (χ0) is 24.1. The van der Waals surface area contributed by atoms with Crippen molar-refractivity contribution in [1.29, 1.82) is 5.26 Å². The van der Waals surface area contributed by atoms with Gasteiger partial charge in [0.2, 0.25) is 11.8 Å². The average molecular weight is 468 g/mol. The zero-order valence-corrected chi connectivity index (χ0v) is 21.1. The number of hydrogen-bond donors (Lipinski definition) is 1. The van der Waals surface area contributed by atoms with Crippen LogP contribution in [0, 0.1) is 31.1 Å². The maximum Gasteiger partial charge on any atom is 0.239 e. The molecule has 1 N–H and O–H groups in total. The average Bonchev–Trinajstić information content (AvgIpc) is 3.02. The van der Waals surface area contributed by atoms with E-state index in [1.54, 1.807) is 0 Å². The lowest BCUT2D eigenvalue weighted by Crippen LogP contribution is -2.44. The molecular weight excluding hydrogens is 426 g/mol. The summed E-state index contributed by atoms with van der Waals surface area (Å²) < 4.78 is 2.22. The van der Waals surface area contributed by atoms with Gasteiger partial charge in [-0.1, -0.05) is 32.1 Å². The van der Waals surface area contributed by atoms with E-state index in [0.717, 1.165) is 76.0 Å². The number of piperidine rings is 1. The minimum absolute atomic E-state index is 0.0663. The lowest BCUT2D eigenvalue weighted by molar-refractivity contribution is -0.137. The molecular formula is C27H41N5O2. The van der Waals surface area contributed by atoms with Gasteiger partial charge in [0, 0.05) is 30.7 Å². The summed E-state index contributed by atoms with van der Waals surface area (Å²) in [4.78, 5) is 30.2. The van der Waals surface area contributed by atoms with Gasteiger partial charge in [0.25, 0.3) is 0 Å². The van der Waals surface area contributed by atoms with Gasteiger partial charge in [0.15, 0.2) is 0 Å². The van der Waals surface area contributed by atoms with Crippen LogP contribution in [0.1, 0.15) is 93.5 Å². The van der Waals surface area contributed by atoms with Crippen LogP contribution in [-0.2, 0) is 9.59 Å². The summed E-state index contributed by atoms with van der Waals surface area (Å²) in [5.41, 5.74) is 2.65. The molecule has 0 bridgehead atoms. The third kappa shape index (κ3) is 5.49. The molecule has 1 aliphatic carbocycles. The number of rotatable bonds is 5. The van der Waals surface area contributed by atoms with Crippen molar-refractivity contribution in [3.8, 4) is 6.07 Å². The molecule has 3 heterocycles. The third-order valence-corrected chi connectivity index (χ3v) is 8.29. The van der Waals surface area contributed by atoms with E-state index in [9.17, 15) is 14.9 Å². The Morgan fingerprint density at radius 2 is 1.53 bits per heavy atom. The monoisotopic (exact) mass is 467 g/mol. The molecule has 0 unspecified atom stereocenters. The molecule has 34 heavy (non-hydrogen) atoms. The quantitative estimate of drug-likeness (QED) is 0.690. The van der Waals surface area contributed by atoms with E-state index in [1.807, 2.05) is 6.92 Å². The van der Waals surface area contributed by atoms with Crippen molar-refractivity contribution in [3.05, 3.63) is 16.8 Å². The Balaban J connectivity index is 1.35. The topological polar surface area (TPSA) is 81.4 Å². The van der Waals surface area contributed by atoms with Crippen molar-refractivity contribution in [2.75, 3.05) is 38.0 Å². The van der Waals surface area contributed by atoms with Gasteiger partial charge in [0.1, 0.15) is 11.9 Å². The summed E-state index contributed by atoms with van der Waals surface area (Å²) in [6.45, 7) is 7.70. The standard InChI is InChI=1S/C27H41N5O2/c1-20-21(2)32(23-10-6-5-7-11-23)26(24(20)18-28)29-25(33)19-30-16-12-22(13-17-30)27(34)31-14-8-3-4-9-15-31/h22-23H,3-17,19H2,1-2H3,(H,29,33). The van der Waals surface area contributed by atoms with Crippen molar-refractivity contribution in [3.63, 3.8) is 0 Å². The van der Waals surface area contributed by atoms with E-state index in [-0.39, 0.29) is 11.8 Å². The molecule has 3 fully saturated rings. The highest BCUT2D eigenvalue weighted by Gasteiger charge is 2.30. The van der Waals surface area contributed by atoms with Crippen molar-refractivity contribution >= 4 is 17.6 Å². The van der Waals surface area contributed by atoms with Gasteiger partial charge in [-0.05, 0) is 71.0 Å². The second kappa shape index (κ2) is 11.4. The zero-order valence-electron chi connectivity index (χ0n) is 21.1. The smallest absolute Gasteiger partial charge is 0.239 e. The Morgan fingerprint density at radius 3 is 2.15 bits per heavy atom. The number of nitrogens with one attached hydrogen (secondary N) is 1. The number of nitrogens with zero attached hydrogens (tertiary/aromatic N) is 4. The van der Waals surface area contributed by atoms with Crippen molar-refractivity contribution < 1.29 is 9.59 Å². The predicted octanol–water partition coefficient (Wildman–Crippen LogP) is 4.53. The summed E-state index contributed by atoms with van der Waals surface area (Å²) in [5, 5.41) is 12.9. The minimum atomic E-state index is -0.0663. The van der Waals surface area contributed by atoms with E-state index in [4.69, 9.17) is 0 Å². The van der Waals surface area contributed by atoms with E-state index in [0.29, 0.717) is 29.9 Å². The minimum Gasteiger partial charge on any atom is -0.342 e. The summed E-state index contributed by atoms with van der Waals surface area (Å²) in [6.07, 6.45) is 12.2. The van der Waals surface area contributed by atoms with E-state index >= 15 is 0 Å². The van der Waals surface area contributed by atoms with Crippen LogP contribution in [0.5, 0.6) is 0 Å². The molecule has 2 saturated heterocycles. The van der Waals surface area contributed by atoms with E-state index in [2.05, 4.69) is 32.7 Å². The van der Waals surface area contributed by atoms with Gasteiger partial charge in [-0.3, -0.25) is 14.5 Å². The molecule has 0 aromatic carbocycles. The largest absolute Gasteiger partial charge is 0.342 e. The third-order valence-electron chi connectivity index (χ3n) is 8.29. The number of carbonyl (C=O) groups excluding carboxylic acids is 2. The highest BCUT2D eigenvalue weighted by Crippen LogP contribution is 2.36. The second-order valence-electron chi connectivity index (χ2n) is 10.5. The number of hydrogen-bond acceptors (Lipinski definition) is 4. The van der Waals surface area contributed by atoms with E-state index < -0.39 is 0 Å². The Hall–Kier alpha value is -2.33. The molecule has 1 saturated carbocycles. The maximum atomic E-state index is 13.1. The fourth-order valence-electron chi connectivity index (χ4n) is 6.14. The molecule has 0 spiro atoms.